The molecule has 0 heterocycles. The van der Waals surface area contributed by atoms with Gasteiger partial charge in [0.05, 0.1) is 0 Å². The number of nitrogens with one attached hydrogen (secondary N) is 1. The topological polar surface area (TPSA) is 49.4 Å². The van der Waals surface area contributed by atoms with Crippen LogP contribution in [0.25, 0.3) is 0 Å². The first-order valence-corrected chi connectivity index (χ1v) is 8.66. The summed E-state index contributed by atoms with van der Waals surface area (Å²) in [7, 11) is 0. The molecule has 0 saturated heterocycles. The maximum absolute atomic E-state index is 12.5. The molecule has 0 aliphatic carbocycles. The van der Waals surface area contributed by atoms with Crippen molar-refractivity contribution in [3.63, 3.8) is 0 Å². The number of carbonyl (C=O) groups excluding carboxylic acids is 2. The molecule has 0 fully saturated rings. The molecular formula is C19H20Cl2N2O2. The molecule has 6 heteroatoms. The van der Waals surface area contributed by atoms with Crippen LogP contribution in [-0.2, 0) is 9.59 Å². The second kappa shape index (κ2) is 8.37. The van der Waals surface area contributed by atoms with Crippen molar-refractivity contribution in [2.75, 3.05) is 16.8 Å². The first kappa shape index (κ1) is 19.3. The average Bonchev–Trinajstić information content (AvgIpc) is 2.51. The largest absolute Gasteiger partial charge is 0.324 e. The number of nitrogens with zero attached hydrogens (tertiary/aromatic N) is 1. The fraction of sp³-hybridized carbons (Fsp3) is 0.263. The smallest absolute Gasteiger partial charge is 0.244 e. The number of anilines is 2. The van der Waals surface area contributed by atoms with Crippen molar-refractivity contribution in [2.45, 2.75) is 26.7 Å². The van der Waals surface area contributed by atoms with Crippen LogP contribution in [0.15, 0.2) is 42.5 Å². The summed E-state index contributed by atoms with van der Waals surface area (Å²) in [5.41, 5.74) is 2.27. The Kier molecular flexibility index (Phi) is 6.45. The lowest BCUT2D eigenvalue weighted by Gasteiger charge is -2.22. The standard InChI is InChI=1S/C19H20Cl2N2O2/c1-12(2)17-6-4-5-7-18(17)22-19(25)11-23(13(3)24)16-9-14(20)8-15(21)10-16/h4-10,12H,11H2,1-3H3,(H,22,25). The molecule has 0 bridgehead atoms. The second-order valence-electron chi connectivity index (χ2n) is 6.02. The molecule has 0 unspecified atom stereocenters. The van der Waals surface area contributed by atoms with Crippen LogP contribution in [0.1, 0.15) is 32.3 Å². The summed E-state index contributed by atoms with van der Waals surface area (Å²) in [5.74, 6) is -0.294. The Morgan fingerprint density at radius 3 is 2.24 bits per heavy atom. The zero-order valence-corrected chi connectivity index (χ0v) is 15.9. The van der Waals surface area contributed by atoms with E-state index in [4.69, 9.17) is 23.2 Å². The number of benzene rings is 2. The van der Waals surface area contributed by atoms with E-state index in [1.165, 1.54) is 11.8 Å². The van der Waals surface area contributed by atoms with Gasteiger partial charge in [0.15, 0.2) is 0 Å². The average molecular weight is 379 g/mol. The van der Waals surface area contributed by atoms with Gasteiger partial charge in [0.1, 0.15) is 6.54 Å². The van der Waals surface area contributed by atoms with E-state index in [9.17, 15) is 9.59 Å². The van der Waals surface area contributed by atoms with Crippen molar-refractivity contribution >= 4 is 46.4 Å². The van der Waals surface area contributed by atoms with Crippen LogP contribution < -0.4 is 10.2 Å². The van der Waals surface area contributed by atoms with E-state index >= 15 is 0 Å². The molecule has 4 nitrogen and oxygen atoms in total. The van der Waals surface area contributed by atoms with E-state index in [0.717, 1.165) is 11.3 Å². The molecule has 0 aromatic heterocycles. The van der Waals surface area contributed by atoms with Crippen molar-refractivity contribution in [1.82, 2.24) is 0 Å². The van der Waals surface area contributed by atoms with Crippen molar-refractivity contribution in [2.24, 2.45) is 0 Å². The predicted octanol–water partition coefficient (Wildman–Crippen LogP) is 5.11. The molecule has 25 heavy (non-hydrogen) atoms. The minimum atomic E-state index is -0.292. The lowest BCUT2D eigenvalue weighted by molar-refractivity contribution is -0.120. The second-order valence-corrected chi connectivity index (χ2v) is 6.90. The molecule has 0 atom stereocenters. The molecule has 132 valence electrons. The van der Waals surface area contributed by atoms with Gasteiger partial charge in [-0.05, 0) is 35.7 Å². The van der Waals surface area contributed by atoms with Gasteiger partial charge in [-0.1, -0.05) is 55.2 Å². The van der Waals surface area contributed by atoms with E-state index in [1.54, 1.807) is 18.2 Å². The molecule has 0 aliphatic heterocycles. The third kappa shape index (κ3) is 5.21. The van der Waals surface area contributed by atoms with Crippen molar-refractivity contribution in [3.8, 4) is 0 Å². The SMILES string of the molecule is CC(=O)N(CC(=O)Nc1ccccc1C(C)C)c1cc(Cl)cc(Cl)c1. The highest BCUT2D eigenvalue weighted by Crippen LogP contribution is 2.26. The van der Waals surface area contributed by atoms with Gasteiger partial charge < -0.3 is 10.2 Å². The van der Waals surface area contributed by atoms with E-state index in [2.05, 4.69) is 19.2 Å². The fourth-order valence-corrected chi connectivity index (χ4v) is 3.04. The molecule has 2 rings (SSSR count). The van der Waals surface area contributed by atoms with E-state index in [0.29, 0.717) is 15.7 Å². The highest BCUT2D eigenvalue weighted by Gasteiger charge is 2.18. The number of para-hydroxylation sites is 1. The molecule has 2 aromatic carbocycles. The molecule has 0 spiro atoms. The van der Waals surface area contributed by atoms with Gasteiger partial charge in [0, 0.05) is 28.3 Å². The van der Waals surface area contributed by atoms with Crippen LogP contribution in [0.4, 0.5) is 11.4 Å². The summed E-state index contributed by atoms with van der Waals surface area (Å²) in [5, 5.41) is 3.68. The van der Waals surface area contributed by atoms with Gasteiger partial charge in [0.2, 0.25) is 11.8 Å². The van der Waals surface area contributed by atoms with Crippen molar-refractivity contribution in [3.05, 3.63) is 58.1 Å². The maximum atomic E-state index is 12.5. The van der Waals surface area contributed by atoms with Crippen LogP contribution in [0.5, 0.6) is 0 Å². The van der Waals surface area contributed by atoms with Crippen LogP contribution in [-0.4, -0.2) is 18.4 Å². The Bertz CT molecular complexity index is 770. The monoisotopic (exact) mass is 378 g/mol. The Labute approximate surface area is 157 Å². The predicted molar refractivity (Wildman–Crippen MR) is 104 cm³/mol. The normalized spacial score (nSPS) is 10.6. The first-order valence-electron chi connectivity index (χ1n) is 7.91. The summed E-state index contributed by atoms with van der Waals surface area (Å²) < 4.78 is 0. The van der Waals surface area contributed by atoms with Gasteiger partial charge in [-0.15, -0.1) is 0 Å². The first-order chi connectivity index (χ1) is 11.8. The quantitative estimate of drug-likeness (QED) is 0.785. The summed E-state index contributed by atoms with van der Waals surface area (Å²) in [6.45, 7) is 5.38. The fourth-order valence-electron chi connectivity index (χ4n) is 2.53. The van der Waals surface area contributed by atoms with Gasteiger partial charge in [0.25, 0.3) is 0 Å². The maximum Gasteiger partial charge on any atom is 0.244 e. The van der Waals surface area contributed by atoms with Gasteiger partial charge in [-0.25, -0.2) is 0 Å². The minimum absolute atomic E-state index is 0.127. The van der Waals surface area contributed by atoms with E-state index < -0.39 is 0 Å². The summed E-state index contributed by atoms with van der Waals surface area (Å²) in [6.07, 6.45) is 0. The Morgan fingerprint density at radius 1 is 1.08 bits per heavy atom. The number of carbonyl (C=O) groups is 2. The van der Waals surface area contributed by atoms with Crippen LogP contribution >= 0.6 is 23.2 Å². The van der Waals surface area contributed by atoms with Crippen LogP contribution in [0.3, 0.4) is 0 Å². The van der Waals surface area contributed by atoms with Gasteiger partial charge in [-0.2, -0.15) is 0 Å². The highest BCUT2D eigenvalue weighted by molar-refractivity contribution is 6.35. The van der Waals surface area contributed by atoms with Gasteiger partial charge in [-0.3, -0.25) is 9.59 Å². The zero-order valence-electron chi connectivity index (χ0n) is 14.3. The summed E-state index contributed by atoms with van der Waals surface area (Å²) >= 11 is 12.0. The lowest BCUT2D eigenvalue weighted by Crippen LogP contribution is -2.36. The molecule has 0 aliphatic rings. The Morgan fingerprint density at radius 2 is 1.68 bits per heavy atom. The highest BCUT2D eigenvalue weighted by atomic mass is 35.5. The minimum Gasteiger partial charge on any atom is -0.324 e. The summed E-state index contributed by atoms with van der Waals surface area (Å²) in [6, 6.07) is 12.4. The molecule has 2 aromatic rings. The third-order valence-electron chi connectivity index (χ3n) is 3.70. The molecule has 0 radical (unpaired) electrons. The van der Waals surface area contributed by atoms with Crippen molar-refractivity contribution in [1.29, 1.82) is 0 Å². The number of hydrogen-bond donors (Lipinski definition) is 1. The Hall–Kier alpha value is -2.04. The molecule has 1 N–H and O–H groups in total. The third-order valence-corrected chi connectivity index (χ3v) is 4.13. The summed E-state index contributed by atoms with van der Waals surface area (Å²) in [4.78, 5) is 25.8. The number of hydrogen-bond acceptors (Lipinski definition) is 2. The molecule has 2 amide bonds. The number of amides is 2. The molecular weight excluding hydrogens is 359 g/mol. The van der Waals surface area contributed by atoms with E-state index in [-0.39, 0.29) is 24.3 Å². The lowest BCUT2D eigenvalue weighted by atomic mass is 10.0. The zero-order chi connectivity index (χ0) is 18.6. The van der Waals surface area contributed by atoms with Crippen LogP contribution in [0, 0.1) is 0 Å². The van der Waals surface area contributed by atoms with Gasteiger partial charge >= 0.3 is 0 Å². The molecule has 0 saturated carbocycles. The van der Waals surface area contributed by atoms with Crippen LogP contribution in [0.2, 0.25) is 10.0 Å². The van der Waals surface area contributed by atoms with Crippen molar-refractivity contribution < 1.29 is 9.59 Å². The Balaban J connectivity index is 2.20. The van der Waals surface area contributed by atoms with E-state index in [1.807, 2.05) is 24.3 Å². The number of rotatable bonds is 5. The number of halogens is 2.